The molecule has 1 fully saturated rings. The third-order valence-corrected chi connectivity index (χ3v) is 3.76. The molecule has 0 radical (unpaired) electrons. The van der Waals surface area contributed by atoms with Crippen molar-refractivity contribution in [2.24, 2.45) is 0 Å². The van der Waals surface area contributed by atoms with Crippen molar-refractivity contribution in [3.05, 3.63) is 41.5 Å². The zero-order valence-electron chi connectivity index (χ0n) is 13.1. The summed E-state index contributed by atoms with van der Waals surface area (Å²) in [5.41, 5.74) is -0.0369. The molecule has 7 nitrogen and oxygen atoms in total. The number of amides is 2. The number of nitrogens with zero attached hydrogens (tertiary/aromatic N) is 4. The number of urea groups is 1. The number of rotatable bonds is 3. The lowest BCUT2D eigenvalue weighted by Gasteiger charge is -2.33. The second kappa shape index (κ2) is 6.91. The summed E-state index contributed by atoms with van der Waals surface area (Å²) in [6, 6.07) is 2.63. The molecule has 0 unspecified atom stereocenters. The number of aryl methyl sites for hydroxylation is 1. The molecule has 1 aliphatic heterocycles. The van der Waals surface area contributed by atoms with Gasteiger partial charge in [0.1, 0.15) is 11.6 Å². The van der Waals surface area contributed by atoms with E-state index in [4.69, 9.17) is 4.52 Å². The van der Waals surface area contributed by atoms with Crippen LogP contribution in [0.15, 0.2) is 22.7 Å². The van der Waals surface area contributed by atoms with E-state index in [0.29, 0.717) is 44.4 Å². The van der Waals surface area contributed by atoms with Gasteiger partial charge in [0.25, 0.3) is 0 Å². The summed E-state index contributed by atoms with van der Waals surface area (Å²) in [5, 5.41) is 6.20. The molecule has 128 valence electrons. The van der Waals surface area contributed by atoms with Crippen LogP contribution in [0.4, 0.5) is 19.3 Å². The highest BCUT2D eigenvalue weighted by atomic mass is 19.1. The van der Waals surface area contributed by atoms with Crippen molar-refractivity contribution in [2.75, 3.05) is 31.5 Å². The molecule has 0 atom stereocenters. The van der Waals surface area contributed by atoms with Crippen LogP contribution in [-0.2, 0) is 6.54 Å². The predicted molar refractivity (Wildman–Crippen MR) is 81.3 cm³/mol. The fraction of sp³-hybridized carbons (Fsp3) is 0.400. The summed E-state index contributed by atoms with van der Waals surface area (Å²) in [6.45, 7) is 4.54. The van der Waals surface area contributed by atoms with E-state index in [1.54, 1.807) is 11.8 Å². The molecule has 0 bridgehead atoms. The number of carbonyl (C=O) groups excluding carboxylic acids is 1. The molecule has 2 amide bonds. The molecule has 1 saturated heterocycles. The first-order valence-corrected chi connectivity index (χ1v) is 7.54. The van der Waals surface area contributed by atoms with Gasteiger partial charge in [-0.3, -0.25) is 4.90 Å². The Hall–Kier alpha value is -2.55. The lowest BCUT2D eigenvalue weighted by atomic mass is 10.3. The number of aromatic nitrogens is 2. The second-order valence-corrected chi connectivity index (χ2v) is 5.55. The summed E-state index contributed by atoms with van der Waals surface area (Å²) in [7, 11) is 0. The molecule has 3 rings (SSSR count). The van der Waals surface area contributed by atoms with Crippen LogP contribution in [0.5, 0.6) is 0 Å². The van der Waals surface area contributed by atoms with Crippen molar-refractivity contribution in [3.63, 3.8) is 0 Å². The van der Waals surface area contributed by atoms with Gasteiger partial charge in [-0.25, -0.2) is 13.6 Å². The van der Waals surface area contributed by atoms with Gasteiger partial charge >= 0.3 is 6.03 Å². The lowest BCUT2D eigenvalue weighted by Crippen LogP contribution is -2.49. The Balaban J connectivity index is 1.51. The number of nitrogens with one attached hydrogen (secondary N) is 1. The molecule has 2 aromatic rings. The summed E-state index contributed by atoms with van der Waals surface area (Å²) in [4.78, 5) is 20.0. The van der Waals surface area contributed by atoms with Crippen LogP contribution in [0.25, 0.3) is 0 Å². The Morgan fingerprint density at radius 2 is 2.04 bits per heavy atom. The van der Waals surface area contributed by atoms with Crippen LogP contribution in [0.2, 0.25) is 0 Å². The van der Waals surface area contributed by atoms with Crippen LogP contribution >= 0.6 is 0 Å². The van der Waals surface area contributed by atoms with Crippen LogP contribution < -0.4 is 5.32 Å². The number of piperazine rings is 1. The molecule has 0 spiro atoms. The number of hydrogen-bond acceptors (Lipinski definition) is 5. The zero-order chi connectivity index (χ0) is 17.1. The smallest absolute Gasteiger partial charge is 0.322 e. The Morgan fingerprint density at radius 1 is 1.29 bits per heavy atom. The average molecular weight is 337 g/mol. The molecule has 24 heavy (non-hydrogen) atoms. The first-order valence-electron chi connectivity index (χ1n) is 7.54. The summed E-state index contributed by atoms with van der Waals surface area (Å²) < 4.78 is 31.5. The van der Waals surface area contributed by atoms with Crippen LogP contribution in [-0.4, -0.2) is 52.2 Å². The van der Waals surface area contributed by atoms with Gasteiger partial charge in [0.05, 0.1) is 12.2 Å². The van der Waals surface area contributed by atoms with E-state index in [2.05, 4.69) is 20.4 Å². The van der Waals surface area contributed by atoms with Crippen molar-refractivity contribution in [3.8, 4) is 0 Å². The van der Waals surface area contributed by atoms with E-state index in [-0.39, 0.29) is 5.69 Å². The van der Waals surface area contributed by atoms with E-state index in [0.717, 1.165) is 12.1 Å². The van der Waals surface area contributed by atoms with Gasteiger partial charge in [0, 0.05) is 32.2 Å². The van der Waals surface area contributed by atoms with Gasteiger partial charge in [-0.1, -0.05) is 5.16 Å². The Kier molecular flexibility index (Phi) is 4.70. The number of hydrogen-bond donors (Lipinski definition) is 1. The van der Waals surface area contributed by atoms with E-state index in [1.165, 1.54) is 6.07 Å². The molecule has 1 aromatic carbocycles. The molecular formula is C15H17F2N5O2. The molecular weight excluding hydrogens is 320 g/mol. The average Bonchev–Trinajstić information content (AvgIpc) is 2.96. The third-order valence-electron chi connectivity index (χ3n) is 3.76. The molecule has 2 heterocycles. The quantitative estimate of drug-likeness (QED) is 0.927. The number of benzene rings is 1. The van der Waals surface area contributed by atoms with Gasteiger partial charge in [0.15, 0.2) is 5.82 Å². The highest BCUT2D eigenvalue weighted by Gasteiger charge is 2.23. The summed E-state index contributed by atoms with van der Waals surface area (Å²) in [6.07, 6.45) is 0. The van der Waals surface area contributed by atoms with Gasteiger partial charge in [-0.05, 0) is 19.1 Å². The fourth-order valence-corrected chi connectivity index (χ4v) is 2.49. The number of carbonyl (C=O) groups is 1. The van der Waals surface area contributed by atoms with Crippen molar-refractivity contribution >= 4 is 11.7 Å². The van der Waals surface area contributed by atoms with Crippen molar-refractivity contribution in [1.29, 1.82) is 0 Å². The third kappa shape index (κ3) is 3.85. The number of halogens is 2. The van der Waals surface area contributed by atoms with Crippen molar-refractivity contribution in [1.82, 2.24) is 19.9 Å². The van der Waals surface area contributed by atoms with E-state index in [9.17, 15) is 13.6 Å². The van der Waals surface area contributed by atoms with Gasteiger partial charge < -0.3 is 14.7 Å². The van der Waals surface area contributed by atoms with Crippen molar-refractivity contribution < 1.29 is 18.1 Å². The largest absolute Gasteiger partial charge is 0.338 e. The zero-order valence-corrected chi connectivity index (χ0v) is 13.1. The minimum atomic E-state index is -0.797. The first-order chi connectivity index (χ1) is 11.5. The highest BCUT2D eigenvalue weighted by Crippen LogP contribution is 2.16. The SMILES string of the molecule is Cc1noc(CN2CCN(C(=O)Nc3ccc(F)cc3F)CC2)n1. The minimum Gasteiger partial charge on any atom is -0.338 e. The fourth-order valence-electron chi connectivity index (χ4n) is 2.49. The topological polar surface area (TPSA) is 74.5 Å². The van der Waals surface area contributed by atoms with Crippen LogP contribution in [0.3, 0.4) is 0 Å². The number of anilines is 1. The molecule has 1 aromatic heterocycles. The first kappa shape index (κ1) is 16.3. The van der Waals surface area contributed by atoms with E-state index >= 15 is 0 Å². The van der Waals surface area contributed by atoms with Crippen LogP contribution in [0, 0.1) is 18.6 Å². The summed E-state index contributed by atoms with van der Waals surface area (Å²) >= 11 is 0. The predicted octanol–water partition coefficient (Wildman–Crippen LogP) is 2.01. The maximum absolute atomic E-state index is 13.6. The molecule has 1 aliphatic rings. The van der Waals surface area contributed by atoms with Gasteiger partial charge in [-0.15, -0.1) is 0 Å². The molecule has 1 N–H and O–H groups in total. The standard InChI is InChI=1S/C15H17F2N5O2/c1-10-18-14(24-20-10)9-21-4-6-22(7-5-21)15(23)19-13-3-2-11(16)8-12(13)17/h2-3,8H,4-7,9H2,1H3,(H,19,23). The minimum absolute atomic E-state index is 0.0369. The molecule has 0 saturated carbocycles. The van der Waals surface area contributed by atoms with Crippen molar-refractivity contribution in [2.45, 2.75) is 13.5 Å². The Bertz CT molecular complexity index is 728. The monoisotopic (exact) mass is 337 g/mol. The Labute approximate surface area is 137 Å². The lowest BCUT2D eigenvalue weighted by molar-refractivity contribution is 0.133. The second-order valence-electron chi connectivity index (χ2n) is 5.55. The molecule has 0 aliphatic carbocycles. The van der Waals surface area contributed by atoms with Gasteiger partial charge in [-0.2, -0.15) is 4.98 Å². The Morgan fingerprint density at radius 3 is 2.67 bits per heavy atom. The van der Waals surface area contributed by atoms with E-state index in [1.807, 2.05) is 0 Å². The van der Waals surface area contributed by atoms with Gasteiger partial charge in [0.2, 0.25) is 5.89 Å². The summed E-state index contributed by atoms with van der Waals surface area (Å²) in [5.74, 6) is -0.354. The molecule has 9 heteroatoms. The normalized spacial score (nSPS) is 15.5. The highest BCUT2D eigenvalue weighted by molar-refractivity contribution is 5.89. The van der Waals surface area contributed by atoms with E-state index < -0.39 is 17.7 Å². The van der Waals surface area contributed by atoms with Crippen LogP contribution in [0.1, 0.15) is 11.7 Å². The maximum Gasteiger partial charge on any atom is 0.322 e. The maximum atomic E-state index is 13.6.